The first-order valence-corrected chi connectivity index (χ1v) is 3.96. The van der Waals surface area contributed by atoms with Crippen molar-refractivity contribution in [2.75, 3.05) is 7.05 Å². The Labute approximate surface area is 57.8 Å². The second-order valence-corrected chi connectivity index (χ2v) is 3.15. The Kier molecular flexibility index (Phi) is 2.12. The third-order valence-corrected chi connectivity index (χ3v) is 2.60. The van der Waals surface area contributed by atoms with Crippen LogP contribution in [0.3, 0.4) is 0 Å². The van der Waals surface area contributed by atoms with Crippen LogP contribution in [0.5, 0.6) is 0 Å². The molecule has 1 fully saturated rings. The summed E-state index contributed by atoms with van der Waals surface area (Å²) < 4.78 is 0. The van der Waals surface area contributed by atoms with Crippen LogP contribution in [0, 0.1) is 11.8 Å². The minimum atomic E-state index is 0.745. The highest BCUT2D eigenvalue weighted by molar-refractivity contribution is 4.91. The maximum absolute atomic E-state index is 3.29. The smallest absolute Gasteiger partial charge is 0.00667 e. The van der Waals surface area contributed by atoms with E-state index in [0.29, 0.717) is 0 Å². The largest absolute Gasteiger partial charge is 0.317 e. The average Bonchev–Trinajstić information content (AvgIpc) is 2.64. The molecule has 0 aromatic carbocycles. The Morgan fingerprint density at radius 1 is 1.67 bits per heavy atom. The zero-order valence-electron chi connectivity index (χ0n) is 6.65. The normalized spacial score (nSPS) is 36.3. The van der Waals surface area contributed by atoms with Crippen molar-refractivity contribution in [3.8, 4) is 0 Å². The van der Waals surface area contributed by atoms with Gasteiger partial charge in [-0.05, 0) is 32.2 Å². The SMILES string of the molecule is CCC1CC1C(C)NC. The molecule has 9 heavy (non-hydrogen) atoms. The summed E-state index contributed by atoms with van der Waals surface area (Å²) in [5.41, 5.74) is 0. The average molecular weight is 127 g/mol. The molecule has 0 radical (unpaired) electrons. The van der Waals surface area contributed by atoms with Gasteiger partial charge < -0.3 is 5.32 Å². The minimum absolute atomic E-state index is 0.745. The van der Waals surface area contributed by atoms with Crippen LogP contribution in [0.15, 0.2) is 0 Å². The van der Waals surface area contributed by atoms with Gasteiger partial charge in [0.15, 0.2) is 0 Å². The van der Waals surface area contributed by atoms with E-state index in [1.54, 1.807) is 0 Å². The molecule has 54 valence electrons. The van der Waals surface area contributed by atoms with Gasteiger partial charge in [0.1, 0.15) is 0 Å². The maximum Gasteiger partial charge on any atom is 0.00667 e. The van der Waals surface area contributed by atoms with Crippen LogP contribution < -0.4 is 5.32 Å². The van der Waals surface area contributed by atoms with E-state index in [9.17, 15) is 0 Å². The zero-order valence-corrected chi connectivity index (χ0v) is 6.65. The van der Waals surface area contributed by atoms with Crippen molar-refractivity contribution in [3.63, 3.8) is 0 Å². The van der Waals surface area contributed by atoms with E-state index in [4.69, 9.17) is 0 Å². The van der Waals surface area contributed by atoms with Gasteiger partial charge >= 0.3 is 0 Å². The summed E-state index contributed by atoms with van der Waals surface area (Å²) in [6.45, 7) is 4.56. The van der Waals surface area contributed by atoms with Gasteiger partial charge in [0.2, 0.25) is 0 Å². The molecular weight excluding hydrogens is 110 g/mol. The molecule has 0 bridgehead atoms. The fourth-order valence-corrected chi connectivity index (χ4v) is 1.57. The third-order valence-electron chi connectivity index (χ3n) is 2.60. The van der Waals surface area contributed by atoms with Crippen LogP contribution in [-0.4, -0.2) is 13.1 Å². The molecule has 3 atom stereocenters. The molecule has 0 aromatic rings. The van der Waals surface area contributed by atoms with Gasteiger partial charge in [-0.1, -0.05) is 13.3 Å². The van der Waals surface area contributed by atoms with Gasteiger partial charge in [0, 0.05) is 6.04 Å². The third kappa shape index (κ3) is 1.45. The molecule has 1 nitrogen and oxygen atoms in total. The highest BCUT2D eigenvalue weighted by Gasteiger charge is 2.38. The second-order valence-electron chi connectivity index (χ2n) is 3.15. The lowest BCUT2D eigenvalue weighted by Crippen LogP contribution is -2.23. The fraction of sp³-hybridized carbons (Fsp3) is 1.00. The van der Waals surface area contributed by atoms with Crippen molar-refractivity contribution < 1.29 is 0 Å². The van der Waals surface area contributed by atoms with Crippen LogP contribution in [0.4, 0.5) is 0 Å². The standard InChI is InChI=1S/C8H17N/c1-4-7-5-8(7)6(2)9-3/h6-9H,4-5H2,1-3H3. The molecule has 3 unspecified atom stereocenters. The molecular formula is C8H17N. The molecule has 0 aromatic heterocycles. The Morgan fingerprint density at radius 3 is 2.67 bits per heavy atom. The molecule has 0 aliphatic heterocycles. The van der Waals surface area contributed by atoms with Crippen molar-refractivity contribution in [2.24, 2.45) is 11.8 Å². The van der Waals surface area contributed by atoms with E-state index in [1.165, 1.54) is 12.8 Å². The van der Waals surface area contributed by atoms with Crippen molar-refractivity contribution in [3.05, 3.63) is 0 Å². The molecule has 1 N–H and O–H groups in total. The van der Waals surface area contributed by atoms with Gasteiger partial charge in [-0.15, -0.1) is 0 Å². The summed E-state index contributed by atoms with van der Waals surface area (Å²) in [5.74, 6) is 2.02. The predicted molar refractivity (Wildman–Crippen MR) is 40.4 cm³/mol. The lowest BCUT2D eigenvalue weighted by molar-refractivity contribution is 0.505. The van der Waals surface area contributed by atoms with Crippen LogP contribution in [-0.2, 0) is 0 Å². The summed E-state index contributed by atoms with van der Waals surface area (Å²) >= 11 is 0. The first-order valence-electron chi connectivity index (χ1n) is 3.96. The first-order chi connectivity index (χ1) is 4.29. The predicted octanol–water partition coefficient (Wildman–Crippen LogP) is 1.64. The topological polar surface area (TPSA) is 12.0 Å². The van der Waals surface area contributed by atoms with E-state index in [1.807, 2.05) is 0 Å². The molecule has 0 heterocycles. The van der Waals surface area contributed by atoms with Gasteiger partial charge in [0.05, 0.1) is 0 Å². The summed E-state index contributed by atoms with van der Waals surface area (Å²) in [4.78, 5) is 0. The summed E-state index contributed by atoms with van der Waals surface area (Å²) in [6, 6.07) is 0.745. The van der Waals surface area contributed by atoms with Crippen molar-refractivity contribution in [1.82, 2.24) is 5.32 Å². The van der Waals surface area contributed by atoms with Crippen molar-refractivity contribution in [2.45, 2.75) is 32.7 Å². The van der Waals surface area contributed by atoms with Crippen LogP contribution >= 0.6 is 0 Å². The number of hydrogen-bond acceptors (Lipinski definition) is 1. The molecule has 1 saturated carbocycles. The second kappa shape index (κ2) is 2.70. The molecule has 0 saturated heterocycles. The van der Waals surface area contributed by atoms with Crippen LogP contribution in [0.25, 0.3) is 0 Å². The zero-order chi connectivity index (χ0) is 6.85. The Morgan fingerprint density at radius 2 is 2.33 bits per heavy atom. The van der Waals surface area contributed by atoms with E-state index < -0.39 is 0 Å². The monoisotopic (exact) mass is 127 g/mol. The summed E-state index contributed by atoms with van der Waals surface area (Å²) in [7, 11) is 2.05. The Hall–Kier alpha value is -0.0400. The molecule has 0 spiro atoms. The van der Waals surface area contributed by atoms with E-state index in [0.717, 1.165) is 17.9 Å². The quantitative estimate of drug-likeness (QED) is 0.607. The minimum Gasteiger partial charge on any atom is -0.317 e. The number of hydrogen-bond donors (Lipinski definition) is 1. The molecule has 1 heteroatoms. The number of nitrogens with one attached hydrogen (secondary N) is 1. The highest BCUT2D eigenvalue weighted by Crippen LogP contribution is 2.43. The highest BCUT2D eigenvalue weighted by atomic mass is 14.9. The Balaban J connectivity index is 2.17. The Bertz CT molecular complexity index is 90.6. The fourth-order valence-electron chi connectivity index (χ4n) is 1.57. The molecule has 1 aliphatic rings. The maximum atomic E-state index is 3.29. The van der Waals surface area contributed by atoms with Gasteiger partial charge in [-0.3, -0.25) is 0 Å². The van der Waals surface area contributed by atoms with Crippen LogP contribution in [0.1, 0.15) is 26.7 Å². The molecule has 1 aliphatic carbocycles. The lowest BCUT2D eigenvalue weighted by atomic mass is 10.1. The van der Waals surface area contributed by atoms with Crippen molar-refractivity contribution >= 4 is 0 Å². The van der Waals surface area contributed by atoms with E-state index in [-0.39, 0.29) is 0 Å². The van der Waals surface area contributed by atoms with Gasteiger partial charge in [-0.25, -0.2) is 0 Å². The summed E-state index contributed by atoms with van der Waals surface area (Å²) in [5, 5.41) is 3.29. The summed E-state index contributed by atoms with van der Waals surface area (Å²) in [6.07, 6.45) is 2.83. The number of rotatable bonds is 3. The van der Waals surface area contributed by atoms with Gasteiger partial charge in [-0.2, -0.15) is 0 Å². The van der Waals surface area contributed by atoms with E-state index in [2.05, 4.69) is 26.2 Å². The lowest BCUT2D eigenvalue weighted by Gasteiger charge is -2.07. The molecule has 0 amide bonds. The first kappa shape index (κ1) is 7.07. The molecule has 1 rings (SSSR count). The van der Waals surface area contributed by atoms with E-state index >= 15 is 0 Å². The van der Waals surface area contributed by atoms with Crippen molar-refractivity contribution in [1.29, 1.82) is 0 Å². The van der Waals surface area contributed by atoms with Gasteiger partial charge in [0.25, 0.3) is 0 Å². The van der Waals surface area contributed by atoms with Crippen LogP contribution in [0.2, 0.25) is 0 Å².